The van der Waals surface area contributed by atoms with E-state index >= 15 is 0 Å². The van der Waals surface area contributed by atoms with Gasteiger partial charge in [0, 0.05) is 42.8 Å². The van der Waals surface area contributed by atoms with Crippen molar-refractivity contribution < 1.29 is 9.15 Å². The molecule has 3 aromatic rings. The summed E-state index contributed by atoms with van der Waals surface area (Å²) in [7, 11) is 1.74. The molecular weight excluding hydrogens is 346 g/mol. The SMILES string of the molecule is COc1ccccc1C1CNCCN1Cc1cnc(-c2ccc(C)o2)s1. The fourth-order valence-electron chi connectivity index (χ4n) is 3.43. The second-order valence-electron chi connectivity index (χ2n) is 6.47. The topological polar surface area (TPSA) is 50.5 Å². The van der Waals surface area contributed by atoms with E-state index in [0.29, 0.717) is 0 Å². The van der Waals surface area contributed by atoms with Gasteiger partial charge in [-0.15, -0.1) is 11.3 Å². The predicted molar refractivity (Wildman–Crippen MR) is 104 cm³/mol. The Morgan fingerprint density at radius 3 is 3.00 bits per heavy atom. The van der Waals surface area contributed by atoms with Crippen molar-refractivity contribution in [3.63, 3.8) is 0 Å². The summed E-state index contributed by atoms with van der Waals surface area (Å²) in [5.41, 5.74) is 1.23. The smallest absolute Gasteiger partial charge is 0.162 e. The quantitative estimate of drug-likeness (QED) is 0.740. The minimum Gasteiger partial charge on any atom is -0.496 e. The van der Waals surface area contributed by atoms with Crippen LogP contribution in [0, 0.1) is 6.92 Å². The molecule has 26 heavy (non-hydrogen) atoms. The van der Waals surface area contributed by atoms with Crippen molar-refractivity contribution in [3.05, 3.63) is 58.8 Å². The molecular formula is C20H23N3O2S. The third kappa shape index (κ3) is 3.53. The monoisotopic (exact) mass is 369 g/mol. The molecule has 0 radical (unpaired) electrons. The van der Waals surface area contributed by atoms with Crippen LogP contribution in [-0.4, -0.2) is 36.6 Å². The summed E-state index contributed by atoms with van der Waals surface area (Å²) in [4.78, 5) is 8.30. The first-order chi connectivity index (χ1) is 12.7. The number of rotatable bonds is 5. The zero-order valence-corrected chi connectivity index (χ0v) is 15.9. The van der Waals surface area contributed by atoms with Crippen LogP contribution in [0.3, 0.4) is 0 Å². The van der Waals surface area contributed by atoms with Crippen LogP contribution in [0.15, 0.2) is 47.0 Å². The van der Waals surface area contributed by atoms with Gasteiger partial charge in [-0.3, -0.25) is 4.90 Å². The lowest BCUT2D eigenvalue weighted by molar-refractivity contribution is 0.152. The molecule has 4 rings (SSSR count). The van der Waals surface area contributed by atoms with Gasteiger partial charge in [0.25, 0.3) is 0 Å². The van der Waals surface area contributed by atoms with Gasteiger partial charge < -0.3 is 14.5 Å². The highest BCUT2D eigenvalue weighted by Gasteiger charge is 2.26. The summed E-state index contributed by atoms with van der Waals surface area (Å²) in [6, 6.07) is 12.5. The molecule has 0 bridgehead atoms. The van der Waals surface area contributed by atoms with E-state index in [1.165, 1.54) is 10.4 Å². The highest BCUT2D eigenvalue weighted by molar-refractivity contribution is 7.14. The number of benzene rings is 1. The average Bonchev–Trinajstić information content (AvgIpc) is 3.31. The molecule has 5 nitrogen and oxygen atoms in total. The van der Waals surface area contributed by atoms with Gasteiger partial charge in [-0.05, 0) is 25.1 Å². The first-order valence-corrected chi connectivity index (χ1v) is 9.65. The van der Waals surface area contributed by atoms with E-state index in [0.717, 1.165) is 48.5 Å². The van der Waals surface area contributed by atoms with E-state index in [-0.39, 0.29) is 6.04 Å². The van der Waals surface area contributed by atoms with Crippen LogP contribution in [-0.2, 0) is 6.54 Å². The number of nitrogens with one attached hydrogen (secondary N) is 1. The fourth-order valence-corrected chi connectivity index (χ4v) is 4.33. The Balaban J connectivity index is 1.55. The van der Waals surface area contributed by atoms with Crippen LogP contribution in [0.2, 0.25) is 0 Å². The minimum atomic E-state index is 0.288. The first-order valence-electron chi connectivity index (χ1n) is 8.84. The third-order valence-electron chi connectivity index (χ3n) is 4.72. The number of ether oxygens (including phenoxy) is 1. The number of furan rings is 1. The molecule has 0 spiro atoms. The van der Waals surface area contributed by atoms with Crippen molar-refractivity contribution in [2.24, 2.45) is 0 Å². The van der Waals surface area contributed by atoms with Crippen LogP contribution < -0.4 is 10.1 Å². The zero-order valence-electron chi connectivity index (χ0n) is 15.1. The van der Waals surface area contributed by atoms with Crippen LogP contribution in [0.5, 0.6) is 5.75 Å². The molecule has 6 heteroatoms. The van der Waals surface area contributed by atoms with E-state index in [1.807, 2.05) is 37.4 Å². The molecule has 1 aliphatic heterocycles. The Labute approximate surface area is 157 Å². The van der Waals surface area contributed by atoms with Gasteiger partial charge in [0.05, 0.1) is 13.2 Å². The summed E-state index contributed by atoms with van der Waals surface area (Å²) < 4.78 is 11.3. The summed E-state index contributed by atoms with van der Waals surface area (Å²) in [5.74, 6) is 2.71. The Kier molecular flexibility index (Phi) is 5.06. The number of methoxy groups -OCH3 is 1. The van der Waals surface area contributed by atoms with Crippen molar-refractivity contribution in [2.75, 3.05) is 26.7 Å². The molecule has 1 saturated heterocycles. The number of piperazine rings is 1. The van der Waals surface area contributed by atoms with Gasteiger partial charge >= 0.3 is 0 Å². The maximum Gasteiger partial charge on any atom is 0.162 e. The number of aryl methyl sites for hydroxylation is 1. The minimum absolute atomic E-state index is 0.288. The molecule has 3 heterocycles. The van der Waals surface area contributed by atoms with Crippen LogP contribution >= 0.6 is 11.3 Å². The van der Waals surface area contributed by atoms with E-state index in [2.05, 4.69) is 27.3 Å². The first kappa shape index (κ1) is 17.3. The van der Waals surface area contributed by atoms with Gasteiger partial charge in [-0.25, -0.2) is 4.98 Å². The van der Waals surface area contributed by atoms with E-state index in [4.69, 9.17) is 9.15 Å². The van der Waals surface area contributed by atoms with E-state index in [9.17, 15) is 0 Å². The largest absolute Gasteiger partial charge is 0.496 e. The Morgan fingerprint density at radius 1 is 1.31 bits per heavy atom. The maximum atomic E-state index is 5.70. The summed E-state index contributed by atoms with van der Waals surface area (Å²) in [5, 5.41) is 4.45. The lowest BCUT2D eigenvalue weighted by Crippen LogP contribution is -2.45. The Hall–Kier alpha value is -2.15. The van der Waals surface area contributed by atoms with Gasteiger partial charge in [0.15, 0.2) is 10.8 Å². The number of hydrogen-bond donors (Lipinski definition) is 1. The molecule has 0 amide bonds. The van der Waals surface area contributed by atoms with Gasteiger partial charge in [-0.2, -0.15) is 0 Å². The number of thiazole rings is 1. The molecule has 1 unspecified atom stereocenters. The number of hydrogen-bond acceptors (Lipinski definition) is 6. The summed E-state index contributed by atoms with van der Waals surface area (Å²) in [6.07, 6.45) is 1.97. The second kappa shape index (κ2) is 7.61. The van der Waals surface area contributed by atoms with Crippen molar-refractivity contribution in [2.45, 2.75) is 19.5 Å². The number of aromatic nitrogens is 1. The second-order valence-corrected chi connectivity index (χ2v) is 7.59. The molecule has 1 fully saturated rings. The average molecular weight is 369 g/mol. The molecule has 1 aliphatic rings. The Bertz CT molecular complexity index is 873. The van der Waals surface area contributed by atoms with Crippen LogP contribution in [0.4, 0.5) is 0 Å². The van der Waals surface area contributed by atoms with Crippen molar-refractivity contribution in [3.8, 4) is 16.5 Å². The third-order valence-corrected chi connectivity index (χ3v) is 5.71. The lowest BCUT2D eigenvalue weighted by Gasteiger charge is -2.36. The highest BCUT2D eigenvalue weighted by atomic mass is 32.1. The number of para-hydroxylation sites is 1. The van der Waals surface area contributed by atoms with Crippen molar-refractivity contribution in [1.29, 1.82) is 0 Å². The Morgan fingerprint density at radius 2 is 2.19 bits per heavy atom. The van der Waals surface area contributed by atoms with Crippen molar-refractivity contribution in [1.82, 2.24) is 15.2 Å². The van der Waals surface area contributed by atoms with Gasteiger partial charge in [0.2, 0.25) is 0 Å². The maximum absolute atomic E-state index is 5.70. The highest BCUT2D eigenvalue weighted by Crippen LogP contribution is 2.33. The molecule has 0 saturated carbocycles. The van der Waals surface area contributed by atoms with Gasteiger partial charge in [-0.1, -0.05) is 18.2 Å². The zero-order chi connectivity index (χ0) is 17.9. The van der Waals surface area contributed by atoms with Crippen LogP contribution in [0.1, 0.15) is 22.2 Å². The molecule has 0 aliphatic carbocycles. The number of nitrogens with zero attached hydrogens (tertiary/aromatic N) is 2. The molecule has 2 aromatic heterocycles. The van der Waals surface area contributed by atoms with E-state index < -0.39 is 0 Å². The fraction of sp³-hybridized carbons (Fsp3) is 0.350. The molecule has 136 valence electrons. The summed E-state index contributed by atoms with van der Waals surface area (Å²) >= 11 is 1.70. The van der Waals surface area contributed by atoms with Crippen LogP contribution in [0.25, 0.3) is 10.8 Å². The van der Waals surface area contributed by atoms with Gasteiger partial charge in [0.1, 0.15) is 11.5 Å². The van der Waals surface area contributed by atoms with E-state index in [1.54, 1.807) is 18.4 Å². The normalized spacial score (nSPS) is 18.2. The predicted octanol–water partition coefficient (Wildman–Crippen LogP) is 3.87. The molecule has 1 N–H and O–H groups in total. The lowest BCUT2D eigenvalue weighted by atomic mass is 10.0. The van der Waals surface area contributed by atoms with Crippen molar-refractivity contribution >= 4 is 11.3 Å². The molecule has 1 aromatic carbocycles. The summed E-state index contributed by atoms with van der Waals surface area (Å²) in [6.45, 7) is 5.74. The standard InChI is InChI=1S/C20H23N3O2S/c1-14-7-8-19(25-14)20-22-11-15(26-20)13-23-10-9-21-12-17(23)16-5-3-4-6-18(16)24-2/h3-8,11,17,21H,9-10,12-13H2,1-2H3. The molecule has 1 atom stereocenters.